The Morgan fingerprint density at radius 2 is 1.94 bits per heavy atom. The van der Waals surface area contributed by atoms with Gasteiger partial charge in [-0.2, -0.15) is 0 Å². The van der Waals surface area contributed by atoms with Crippen LogP contribution in [0.15, 0.2) is 12.4 Å². The van der Waals surface area contributed by atoms with E-state index in [1.165, 1.54) is 0 Å². The Labute approximate surface area is 104 Å². The van der Waals surface area contributed by atoms with Crippen molar-refractivity contribution in [3.05, 3.63) is 23.8 Å². The van der Waals surface area contributed by atoms with E-state index in [4.69, 9.17) is 4.74 Å². The van der Waals surface area contributed by atoms with E-state index in [-0.39, 0.29) is 6.04 Å². The molecule has 0 spiro atoms. The van der Waals surface area contributed by atoms with E-state index in [2.05, 4.69) is 36.1 Å². The van der Waals surface area contributed by atoms with E-state index in [0.29, 0.717) is 5.92 Å². The molecule has 0 saturated heterocycles. The van der Waals surface area contributed by atoms with Crippen molar-refractivity contribution in [3.63, 3.8) is 0 Å². The normalized spacial score (nSPS) is 13.0. The molecule has 1 atom stereocenters. The molecule has 0 saturated carbocycles. The number of ether oxygens (including phenoxy) is 1. The van der Waals surface area contributed by atoms with Crippen molar-refractivity contribution in [2.75, 3.05) is 19.8 Å². The SMILES string of the molecule is Cc1nccnc1C(C)NCCOCC(C)C. The molecule has 17 heavy (non-hydrogen) atoms. The fourth-order valence-corrected chi connectivity index (χ4v) is 1.61. The lowest BCUT2D eigenvalue weighted by atomic mass is 10.2. The Morgan fingerprint density at radius 1 is 1.24 bits per heavy atom. The standard InChI is InChI=1S/C13H23N3O/c1-10(2)9-17-8-7-15-12(4)13-11(3)14-5-6-16-13/h5-6,10,12,15H,7-9H2,1-4H3. The van der Waals surface area contributed by atoms with Crippen molar-refractivity contribution >= 4 is 0 Å². The summed E-state index contributed by atoms with van der Waals surface area (Å²) in [4.78, 5) is 8.57. The summed E-state index contributed by atoms with van der Waals surface area (Å²) in [7, 11) is 0. The molecule has 1 unspecified atom stereocenters. The molecular formula is C13H23N3O. The zero-order chi connectivity index (χ0) is 12.7. The van der Waals surface area contributed by atoms with E-state index in [1.807, 2.05) is 6.92 Å². The van der Waals surface area contributed by atoms with Gasteiger partial charge in [-0.25, -0.2) is 0 Å². The molecule has 1 aromatic heterocycles. The van der Waals surface area contributed by atoms with Gasteiger partial charge in [-0.3, -0.25) is 9.97 Å². The van der Waals surface area contributed by atoms with E-state index in [1.54, 1.807) is 12.4 Å². The van der Waals surface area contributed by atoms with E-state index < -0.39 is 0 Å². The lowest BCUT2D eigenvalue weighted by Gasteiger charge is -2.15. The van der Waals surface area contributed by atoms with Gasteiger partial charge in [0.15, 0.2) is 0 Å². The number of aromatic nitrogens is 2. The summed E-state index contributed by atoms with van der Waals surface area (Å²) in [6, 6.07) is 0.214. The average molecular weight is 237 g/mol. The Bertz CT molecular complexity index is 328. The molecule has 0 aromatic carbocycles. The van der Waals surface area contributed by atoms with Crippen molar-refractivity contribution in [1.82, 2.24) is 15.3 Å². The molecule has 0 aliphatic carbocycles. The summed E-state index contributed by atoms with van der Waals surface area (Å²) >= 11 is 0. The molecule has 1 heterocycles. The first-order chi connectivity index (χ1) is 8.11. The Balaban J connectivity index is 2.26. The second-order valence-electron chi connectivity index (χ2n) is 4.67. The van der Waals surface area contributed by atoms with Crippen LogP contribution in [-0.2, 0) is 4.74 Å². The summed E-state index contributed by atoms with van der Waals surface area (Å²) < 4.78 is 5.51. The smallest absolute Gasteiger partial charge is 0.0782 e. The Kier molecular flexibility index (Phi) is 6.08. The fraction of sp³-hybridized carbons (Fsp3) is 0.692. The molecule has 1 rings (SSSR count). The monoisotopic (exact) mass is 237 g/mol. The summed E-state index contributed by atoms with van der Waals surface area (Å²) in [6.07, 6.45) is 3.45. The highest BCUT2D eigenvalue weighted by atomic mass is 16.5. The van der Waals surface area contributed by atoms with Gasteiger partial charge in [0.1, 0.15) is 0 Å². The van der Waals surface area contributed by atoms with Crippen LogP contribution in [0.1, 0.15) is 38.2 Å². The third kappa shape index (κ3) is 5.24. The second-order valence-corrected chi connectivity index (χ2v) is 4.67. The molecule has 0 radical (unpaired) electrons. The lowest BCUT2D eigenvalue weighted by Crippen LogP contribution is -2.25. The van der Waals surface area contributed by atoms with Crippen molar-refractivity contribution in [2.45, 2.75) is 33.7 Å². The van der Waals surface area contributed by atoms with Gasteiger partial charge in [0.05, 0.1) is 18.0 Å². The zero-order valence-electron chi connectivity index (χ0n) is 11.2. The highest BCUT2D eigenvalue weighted by Crippen LogP contribution is 2.10. The van der Waals surface area contributed by atoms with Crippen molar-refractivity contribution < 1.29 is 4.74 Å². The van der Waals surface area contributed by atoms with E-state index in [9.17, 15) is 0 Å². The van der Waals surface area contributed by atoms with Crippen LogP contribution < -0.4 is 5.32 Å². The third-order valence-corrected chi connectivity index (χ3v) is 2.48. The van der Waals surface area contributed by atoms with Gasteiger partial charge in [-0.1, -0.05) is 13.8 Å². The number of aryl methyl sites for hydroxylation is 1. The largest absolute Gasteiger partial charge is 0.380 e. The number of hydrogen-bond donors (Lipinski definition) is 1. The quantitative estimate of drug-likeness (QED) is 0.738. The van der Waals surface area contributed by atoms with Gasteiger partial charge in [-0.05, 0) is 19.8 Å². The first-order valence-corrected chi connectivity index (χ1v) is 6.20. The highest BCUT2D eigenvalue weighted by molar-refractivity contribution is 5.12. The molecule has 4 nitrogen and oxygen atoms in total. The van der Waals surface area contributed by atoms with Crippen molar-refractivity contribution in [2.24, 2.45) is 5.92 Å². The summed E-state index contributed by atoms with van der Waals surface area (Å²) in [5.41, 5.74) is 1.99. The molecule has 1 N–H and O–H groups in total. The summed E-state index contributed by atoms with van der Waals surface area (Å²) in [5.74, 6) is 0.592. The molecule has 0 aliphatic heterocycles. The molecule has 4 heteroatoms. The average Bonchev–Trinajstić information content (AvgIpc) is 2.28. The number of hydrogen-bond acceptors (Lipinski definition) is 4. The molecule has 0 amide bonds. The van der Waals surface area contributed by atoms with Gasteiger partial charge in [0.2, 0.25) is 0 Å². The summed E-state index contributed by atoms with van der Waals surface area (Å²) in [6.45, 7) is 10.8. The minimum absolute atomic E-state index is 0.214. The molecule has 0 bridgehead atoms. The van der Waals surface area contributed by atoms with Crippen molar-refractivity contribution in [1.29, 1.82) is 0 Å². The second kappa shape index (κ2) is 7.35. The maximum absolute atomic E-state index is 5.51. The van der Waals surface area contributed by atoms with Crippen LogP contribution in [0.2, 0.25) is 0 Å². The Hall–Kier alpha value is -1.00. The summed E-state index contributed by atoms with van der Waals surface area (Å²) in [5, 5.41) is 3.39. The number of nitrogens with zero attached hydrogens (tertiary/aromatic N) is 2. The first kappa shape index (κ1) is 14.1. The maximum Gasteiger partial charge on any atom is 0.0782 e. The van der Waals surface area contributed by atoms with Crippen LogP contribution >= 0.6 is 0 Å². The first-order valence-electron chi connectivity index (χ1n) is 6.20. The molecule has 1 aromatic rings. The zero-order valence-corrected chi connectivity index (χ0v) is 11.2. The molecular weight excluding hydrogens is 214 g/mol. The minimum atomic E-state index is 0.214. The fourth-order valence-electron chi connectivity index (χ4n) is 1.61. The highest BCUT2D eigenvalue weighted by Gasteiger charge is 2.09. The molecule has 0 aliphatic rings. The van der Waals surface area contributed by atoms with Crippen LogP contribution in [0.3, 0.4) is 0 Å². The van der Waals surface area contributed by atoms with Gasteiger partial charge in [-0.15, -0.1) is 0 Å². The van der Waals surface area contributed by atoms with Crippen LogP contribution in [0.4, 0.5) is 0 Å². The lowest BCUT2D eigenvalue weighted by molar-refractivity contribution is 0.110. The van der Waals surface area contributed by atoms with Crippen molar-refractivity contribution in [3.8, 4) is 0 Å². The third-order valence-electron chi connectivity index (χ3n) is 2.48. The van der Waals surface area contributed by atoms with Gasteiger partial charge in [0, 0.05) is 31.6 Å². The van der Waals surface area contributed by atoms with E-state index >= 15 is 0 Å². The van der Waals surface area contributed by atoms with E-state index in [0.717, 1.165) is 31.1 Å². The molecule has 96 valence electrons. The number of rotatable bonds is 7. The number of nitrogens with one attached hydrogen (secondary N) is 1. The topological polar surface area (TPSA) is 47.0 Å². The molecule has 0 fully saturated rings. The Morgan fingerprint density at radius 3 is 2.59 bits per heavy atom. The van der Waals surface area contributed by atoms with Crippen LogP contribution in [-0.4, -0.2) is 29.7 Å². The predicted octanol–water partition coefficient (Wildman–Crippen LogP) is 2.11. The maximum atomic E-state index is 5.51. The van der Waals surface area contributed by atoms with Gasteiger partial charge < -0.3 is 10.1 Å². The van der Waals surface area contributed by atoms with Crippen LogP contribution in [0.5, 0.6) is 0 Å². The predicted molar refractivity (Wildman–Crippen MR) is 68.8 cm³/mol. The van der Waals surface area contributed by atoms with Gasteiger partial charge in [0.25, 0.3) is 0 Å². The minimum Gasteiger partial charge on any atom is -0.380 e. The van der Waals surface area contributed by atoms with Crippen LogP contribution in [0.25, 0.3) is 0 Å². The van der Waals surface area contributed by atoms with Gasteiger partial charge >= 0.3 is 0 Å². The van der Waals surface area contributed by atoms with Crippen LogP contribution in [0, 0.1) is 12.8 Å².